The largest absolute Gasteiger partial charge is 0.389 e. The van der Waals surface area contributed by atoms with Crippen LogP contribution in [0.25, 0.3) is 0 Å². The van der Waals surface area contributed by atoms with Crippen LogP contribution in [0.3, 0.4) is 0 Å². The van der Waals surface area contributed by atoms with Crippen molar-refractivity contribution in [3.05, 3.63) is 35.9 Å². The Labute approximate surface area is 103 Å². The Morgan fingerprint density at radius 1 is 1.41 bits per heavy atom. The maximum atomic E-state index is 10.2. The quantitative estimate of drug-likeness (QED) is 0.816. The van der Waals surface area contributed by atoms with Gasteiger partial charge in [-0.25, -0.2) is 0 Å². The van der Waals surface area contributed by atoms with Gasteiger partial charge >= 0.3 is 0 Å². The topological polar surface area (TPSA) is 55.5 Å². The van der Waals surface area contributed by atoms with Crippen molar-refractivity contribution in [3.63, 3.8) is 0 Å². The minimum Gasteiger partial charge on any atom is -0.389 e. The molecule has 1 aliphatic carbocycles. The van der Waals surface area contributed by atoms with Gasteiger partial charge < -0.3 is 15.6 Å². The Balaban J connectivity index is 1.74. The molecule has 1 atom stereocenters. The number of benzene rings is 1. The van der Waals surface area contributed by atoms with Gasteiger partial charge in [-0.1, -0.05) is 37.3 Å². The van der Waals surface area contributed by atoms with Gasteiger partial charge in [0.1, 0.15) is 0 Å². The fourth-order valence-corrected chi connectivity index (χ4v) is 2.26. The number of nitrogens with two attached hydrogens (primary N) is 1. The zero-order valence-electron chi connectivity index (χ0n) is 10.3. The molecule has 1 aromatic rings. The standard InChI is InChI=1S/C14H21NO2/c1-11(9-15)14(16)7-13(8-14)17-10-12-5-3-2-4-6-12/h2-6,11,13,16H,7-10,15H2,1H3. The lowest BCUT2D eigenvalue weighted by Gasteiger charge is -2.46. The van der Waals surface area contributed by atoms with Gasteiger partial charge in [-0.3, -0.25) is 0 Å². The lowest BCUT2D eigenvalue weighted by atomic mass is 9.70. The van der Waals surface area contributed by atoms with Crippen LogP contribution in [0.5, 0.6) is 0 Å². The summed E-state index contributed by atoms with van der Waals surface area (Å²) in [6.45, 7) is 3.15. The van der Waals surface area contributed by atoms with Crippen LogP contribution in [0.15, 0.2) is 30.3 Å². The second-order valence-electron chi connectivity index (χ2n) is 5.07. The Kier molecular flexibility index (Phi) is 3.82. The fraction of sp³-hybridized carbons (Fsp3) is 0.571. The van der Waals surface area contributed by atoms with E-state index in [2.05, 4.69) is 0 Å². The average molecular weight is 235 g/mol. The van der Waals surface area contributed by atoms with Gasteiger partial charge in [-0.2, -0.15) is 0 Å². The highest BCUT2D eigenvalue weighted by atomic mass is 16.5. The van der Waals surface area contributed by atoms with Crippen molar-refractivity contribution < 1.29 is 9.84 Å². The van der Waals surface area contributed by atoms with Crippen molar-refractivity contribution in [1.82, 2.24) is 0 Å². The molecule has 1 fully saturated rings. The molecular formula is C14H21NO2. The summed E-state index contributed by atoms with van der Waals surface area (Å²) >= 11 is 0. The van der Waals surface area contributed by atoms with E-state index in [1.807, 2.05) is 37.3 Å². The maximum Gasteiger partial charge on any atom is 0.0734 e. The molecule has 3 nitrogen and oxygen atoms in total. The van der Waals surface area contributed by atoms with Crippen LogP contribution in [0, 0.1) is 5.92 Å². The van der Waals surface area contributed by atoms with Crippen LogP contribution in [-0.2, 0) is 11.3 Å². The first-order valence-electron chi connectivity index (χ1n) is 6.22. The highest BCUT2D eigenvalue weighted by molar-refractivity contribution is 5.13. The molecular weight excluding hydrogens is 214 g/mol. The van der Waals surface area contributed by atoms with Crippen molar-refractivity contribution in [3.8, 4) is 0 Å². The zero-order chi connectivity index (χ0) is 12.3. The van der Waals surface area contributed by atoms with Crippen molar-refractivity contribution in [2.75, 3.05) is 6.54 Å². The zero-order valence-corrected chi connectivity index (χ0v) is 10.3. The Morgan fingerprint density at radius 3 is 2.65 bits per heavy atom. The van der Waals surface area contributed by atoms with Gasteiger partial charge in [0.2, 0.25) is 0 Å². The van der Waals surface area contributed by atoms with Crippen molar-refractivity contribution >= 4 is 0 Å². The van der Waals surface area contributed by atoms with Crippen LogP contribution in [-0.4, -0.2) is 23.4 Å². The molecule has 0 spiro atoms. The van der Waals surface area contributed by atoms with Gasteiger partial charge in [-0.05, 0) is 18.0 Å². The van der Waals surface area contributed by atoms with E-state index in [-0.39, 0.29) is 12.0 Å². The summed E-state index contributed by atoms with van der Waals surface area (Å²) in [6.07, 6.45) is 1.59. The van der Waals surface area contributed by atoms with E-state index >= 15 is 0 Å². The fourth-order valence-electron chi connectivity index (χ4n) is 2.26. The van der Waals surface area contributed by atoms with Gasteiger partial charge in [-0.15, -0.1) is 0 Å². The Hall–Kier alpha value is -0.900. The van der Waals surface area contributed by atoms with Crippen molar-refractivity contribution in [2.45, 2.75) is 38.1 Å². The minimum absolute atomic E-state index is 0.152. The van der Waals surface area contributed by atoms with Crippen LogP contribution in [0.2, 0.25) is 0 Å². The summed E-state index contributed by atoms with van der Waals surface area (Å²) in [5.41, 5.74) is 6.15. The molecule has 2 rings (SSSR count). The summed E-state index contributed by atoms with van der Waals surface area (Å²) < 4.78 is 5.75. The van der Waals surface area contributed by atoms with E-state index in [0.717, 1.165) is 0 Å². The molecule has 0 radical (unpaired) electrons. The Bertz CT molecular complexity index is 346. The number of hydrogen-bond acceptors (Lipinski definition) is 3. The summed E-state index contributed by atoms with van der Waals surface area (Å²) in [7, 11) is 0. The minimum atomic E-state index is -0.601. The molecule has 1 unspecified atom stereocenters. The molecule has 1 aromatic carbocycles. The van der Waals surface area contributed by atoms with E-state index in [1.54, 1.807) is 0 Å². The molecule has 1 saturated carbocycles. The second-order valence-corrected chi connectivity index (χ2v) is 5.07. The van der Waals surface area contributed by atoms with Gasteiger partial charge in [0, 0.05) is 12.8 Å². The summed E-state index contributed by atoms with van der Waals surface area (Å²) in [5.74, 6) is 0.152. The molecule has 0 aliphatic heterocycles. The maximum absolute atomic E-state index is 10.2. The first-order chi connectivity index (χ1) is 8.14. The van der Waals surface area contributed by atoms with Crippen molar-refractivity contribution in [1.29, 1.82) is 0 Å². The average Bonchev–Trinajstić information content (AvgIpc) is 2.33. The molecule has 0 heterocycles. The molecule has 3 N–H and O–H groups in total. The highest BCUT2D eigenvalue weighted by Gasteiger charge is 2.46. The third-order valence-corrected chi connectivity index (χ3v) is 3.76. The van der Waals surface area contributed by atoms with Crippen molar-refractivity contribution in [2.24, 2.45) is 11.7 Å². The molecule has 0 amide bonds. The predicted molar refractivity (Wildman–Crippen MR) is 67.4 cm³/mol. The number of hydrogen-bond donors (Lipinski definition) is 2. The second kappa shape index (κ2) is 5.17. The summed E-state index contributed by atoms with van der Waals surface area (Å²) in [6, 6.07) is 10.1. The number of rotatable bonds is 5. The third-order valence-electron chi connectivity index (χ3n) is 3.76. The van der Waals surface area contributed by atoms with Crippen LogP contribution < -0.4 is 5.73 Å². The molecule has 0 aromatic heterocycles. The summed E-state index contributed by atoms with van der Waals surface area (Å²) in [5, 5.41) is 10.2. The van der Waals surface area contributed by atoms with E-state index in [4.69, 9.17) is 10.5 Å². The van der Waals surface area contributed by atoms with E-state index in [9.17, 15) is 5.11 Å². The molecule has 3 heteroatoms. The van der Waals surface area contributed by atoms with Gasteiger partial charge in [0.15, 0.2) is 0 Å². The van der Waals surface area contributed by atoms with E-state index in [1.165, 1.54) is 5.56 Å². The number of aliphatic hydroxyl groups is 1. The van der Waals surface area contributed by atoms with Crippen LogP contribution >= 0.6 is 0 Å². The first-order valence-corrected chi connectivity index (χ1v) is 6.22. The predicted octanol–water partition coefficient (Wildman–Crippen LogP) is 1.69. The lowest BCUT2D eigenvalue weighted by molar-refractivity contribution is -0.167. The molecule has 17 heavy (non-hydrogen) atoms. The SMILES string of the molecule is CC(CN)C1(O)CC(OCc2ccccc2)C1. The van der Waals surface area contributed by atoms with Gasteiger partial charge in [0.05, 0.1) is 18.3 Å². The van der Waals surface area contributed by atoms with Gasteiger partial charge in [0.25, 0.3) is 0 Å². The van der Waals surface area contributed by atoms with Crippen LogP contribution in [0.4, 0.5) is 0 Å². The third kappa shape index (κ3) is 2.86. The Morgan fingerprint density at radius 2 is 2.06 bits per heavy atom. The highest BCUT2D eigenvalue weighted by Crippen LogP contribution is 2.40. The smallest absolute Gasteiger partial charge is 0.0734 e. The van der Waals surface area contributed by atoms with E-state index in [0.29, 0.717) is 26.0 Å². The molecule has 0 saturated heterocycles. The monoisotopic (exact) mass is 235 g/mol. The van der Waals surface area contributed by atoms with Crippen LogP contribution in [0.1, 0.15) is 25.3 Å². The lowest BCUT2D eigenvalue weighted by Crippen LogP contribution is -2.54. The molecule has 1 aliphatic rings. The normalized spacial score (nSPS) is 29.7. The first kappa shape index (κ1) is 12.6. The summed E-state index contributed by atoms with van der Waals surface area (Å²) in [4.78, 5) is 0. The number of ether oxygens (including phenoxy) is 1. The molecule has 94 valence electrons. The van der Waals surface area contributed by atoms with E-state index < -0.39 is 5.60 Å². The molecule has 0 bridgehead atoms.